The third kappa shape index (κ3) is 6.57. The fourth-order valence-electron chi connectivity index (χ4n) is 7.14. The first-order chi connectivity index (χ1) is 20.8. The van der Waals surface area contributed by atoms with Gasteiger partial charge in [-0.15, -0.1) is 0 Å². The normalized spacial score (nSPS) is 20.7. The van der Waals surface area contributed by atoms with Crippen LogP contribution >= 0.6 is 0 Å². The van der Waals surface area contributed by atoms with Gasteiger partial charge in [-0.3, -0.25) is 14.7 Å². The molecule has 4 aliphatic heterocycles. The number of hydrogen-bond acceptors (Lipinski definition) is 6. The Bertz CT molecular complexity index is 1160. The van der Waals surface area contributed by atoms with Crippen LogP contribution in [0.5, 0.6) is 0 Å². The molecule has 0 N–H and O–H groups in total. The molecule has 0 unspecified atom stereocenters. The van der Waals surface area contributed by atoms with Crippen molar-refractivity contribution in [3.05, 3.63) is 89.5 Å². The molecule has 3 aromatic rings. The van der Waals surface area contributed by atoms with E-state index in [0.717, 1.165) is 75.3 Å². The van der Waals surface area contributed by atoms with Gasteiger partial charge in [0, 0.05) is 19.6 Å². The summed E-state index contributed by atoms with van der Waals surface area (Å²) in [5.41, 5.74) is 7.16. The smallest absolute Gasteiger partial charge is 0.445 e. The van der Waals surface area contributed by atoms with Crippen molar-refractivity contribution in [1.82, 2.24) is 14.7 Å². The number of benzene rings is 3. The van der Waals surface area contributed by atoms with E-state index in [2.05, 4.69) is 87.5 Å². The van der Waals surface area contributed by atoms with Gasteiger partial charge in [-0.2, -0.15) is 0 Å². The zero-order valence-electron chi connectivity index (χ0n) is 24.8. The van der Waals surface area contributed by atoms with Gasteiger partial charge in [-0.1, -0.05) is 72.8 Å². The second kappa shape index (κ2) is 13.5. The SMILES string of the molecule is c1ccc(B2OB(c3ccccc3CN3CCCC3)OB(c3ccccc3CN3CCCC3)O2)c(CN2CCCC2)c1. The lowest BCUT2D eigenvalue weighted by Gasteiger charge is -2.34. The van der Waals surface area contributed by atoms with Gasteiger partial charge >= 0.3 is 21.4 Å². The van der Waals surface area contributed by atoms with E-state index in [-0.39, 0.29) is 0 Å². The Hall–Kier alpha value is -2.39. The van der Waals surface area contributed by atoms with E-state index in [4.69, 9.17) is 13.7 Å². The maximum Gasteiger partial charge on any atom is 0.467 e. The monoisotopic (exact) mass is 561 g/mol. The molecule has 0 radical (unpaired) electrons. The van der Waals surface area contributed by atoms with Crippen molar-refractivity contribution in [2.45, 2.75) is 58.2 Å². The molecule has 3 aromatic carbocycles. The Kier molecular flexibility index (Phi) is 9.13. The Morgan fingerprint density at radius 1 is 0.405 bits per heavy atom. The van der Waals surface area contributed by atoms with E-state index < -0.39 is 21.4 Å². The Morgan fingerprint density at radius 2 is 0.667 bits per heavy atom. The summed E-state index contributed by atoms with van der Waals surface area (Å²) >= 11 is 0. The quantitative estimate of drug-likeness (QED) is 0.375. The molecule has 0 spiro atoms. The van der Waals surface area contributed by atoms with Gasteiger partial charge < -0.3 is 13.7 Å². The van der Waals surface area contributed by atoms with E-state index in [9.17, 15) is 0 Å². The summed E-state index contributed by atoms with van der Waals surface area (Å²) < 4.78 is 20.4. The van der Waals surface area contributed by atoms with Crippen LogP contribution in [0.4, 0.5) is 0 Å². The van der Waals surface area contributed by atoms with Crippen molar-refractivity contribution in [3.8, 4) is 0 Å². The number of rotatable bonds is 9. The highest BCUT2D eigenvalue weighted by atomic mass is 16.7. The maximum absolute atomic E-state index is 6.80. The fourth-order valence-corrected chi connectivity index (χ4v) is 7.14. The summed E-state index contributed by atoms with van der Waals surface area (Å²) in [5, 5.41) is 0. The van der Waals surface area contributed by atoms with Crippen LogP contribution in [-0.4, -0.2) is 75.3 Å². The van der Waals surface area contributed by atoms with Crippen LogP contribution in [0.3, 0.4) is 0 Å². The minimum Gasteiger partial charge on any atom is -0.445 e. The first-order valence-electron chi connectivity index (χ1n) is 16.2. The highest BCUT2D eigenvalue weighted by Crippen LogP contribution is 2.19. The summed E-state index contributed by atoms with van der Waals surface area (Å²) in [4.78, 5) is 7.64. The Labute approximate surface area is 252 Å². The third-order valence-electron chi connectivity index (χ3n) is 9.45. The van der Waals surface area contributed by atoms with Gasteiger partial charge in [0.25, 0.3) is 0 Å². The van der Waals surface area contributed by atoms with Crippen LogP contribution in [0.1, 0.15) is 55.2 Å². The molecule has 0 aliphatic carbocycles. The molecular formula is C33H42B3N3O3. The zero-order valence-corrected chi connectivity index (χ0v) is 24.8. The molecule has 42 heavy (non-hydrogen) atoms. The number of hydrogen-bond donors (Lipinski definition) is 0. The van der Waals surface area contributed by atoms with Crippen LogP contribution in [0.2, 0.25) is 0 Å². The van der Waals surface area contributed by atoms with Crippen LogP contribution < -0.4 is 16.4 Å². The molecule has 0 saturated carbocycles. The Balaban J connectivity index is 1.22. The molecule has 216 valence electrons. The van der Waals surface area contributed by atoms with E-state index in [1.54, 1.807) is 0 Å². The summed E-state index contributed by atoms with van der Waals surface area (Å²) in [6, 6.07) is 26.0. The average molecular weight is 561 g/mol. The van der Waals surface area contributed by atoms with Gasteiger partial charge in [0.2, 0.25) is 0 Å². The van der Waals surface area contributed by atoms with Crippen molar-refractivity contribution in [2.75, 3.05) is 39.3 Å². The topological polar surface area (TPSA) is 37.4 Å². The molecule has 0 amide bonds. The predicted octanol–water partition coefficient (Wildman–Crippen LogP) is 3.02. The largest absolute Gasteiger partial charge is 0.467 e. The van der Waals surface area contributed by atoms with Crippen LogP contribution in [-0.2, 0) is 33.3 Å². The molecule has 7 rings (SSSR count). The van der Waals surface area contributed by atoms with Crippen molar-refractivity contribution < 1.29 is 13.7 Å². The first kappa shape index (κ1) is 28.4. The van der Waals surface area contributed by atoms with Crippen molar-refractivity contribution >= 4 is 37.7 Å². The first-order valence-corrected chi connectivity index (χ1v) is 16.2. The predicted molar refractivity (Wildman–Crippen MR) is 172 cm³/mol. The van der Waals surface area contributed by atoms with E-state index in [1.807, 2.05) is 0 Å². The second-order valence-electron chi connectivity index (χ2n) is 12.5. The summed E-state index contributed by atoms with van der Waals surface area (Å²) in [6.07, 6.45) is 7.66. The Morgan fingerprint density at radius 3 is 0.952 bits per heavy atom. The summed E-state index contributed by atoms with van der Waals surface area (Å²) in [7, 11) is -1.56. The minimum atomic E-state index is -0.521. The standard InChI is InChI=1S/C33H42B3N3O3/c1-4-16-31(28(13-1)25-37-19-7-8-20-37)34-40-35(32-17-5-2-14-29(32)26-38-21-9-10-22-38)42-36(41-34)33-18-6-3-15-30(33)27-39-23-11-12-24-39/h1-6,13-18H,7-12,19-27H2. The van der Waals surface area contributed by atoms with Crippen molar-refractivity contribution in [3.63, 3.8) is 0 Å². The van der Waals surface area contributed by atoms with Gasteiger partial charge in [0.05, 0.1) is 0 Å². The molecule has 0 bridgehead atoms. The van der Waals surface area contributed by atoms with Crippen molar-refractivity contribution in [2.24, 2.45) is 0 Å². The second-order valence-corrected chi connectivity index (χ2v) is 12.5. The fraction of sp³-hybridized carbons (Fsp3) is 0.455. The molecule has 6 nitrogen and oxygen atoms in total. The summed E-state index contributed by atoms with van der Waals surface area (Å²) in [5.74, 6) is 0. The lowest BCUT2D eigenvalue weighted by atomic mass is 9.59. The van der Waals surface area contributed by atoms with Gasteiger partial charge in [-0.25, -0.2) is 0 Å². The minimum absolute atomic E-state index is 0.521. The van der Waals surface area contributed by atoms with E-state index in [1.165, 1.54) is 55.2 Å². The molecule has 9 heteroatoms. The van der Waals surface area contributed by atoms with Crippen molar-refractivity contribution in [1.29, 1.82) is 0 Å². The maximum atomic E-state index is 6.80. The molecular weight excluding hydrogens is 519 g/mol. The lowest BCUT2D eigenvalue weighted by molar-refractivity contribution is 0.303. The van der Waals surface area contributed by atoms with Crippen LogP contribution in [0.15, 0.2) is 72.8 Å². The highest BCUT2D eigenvalue weighted by molar-refractivity contribution is 6.87. The van der Waals surface area contributed by atoms with Gasteiger partial charge in [0.15, 0.2) is 0 Å². The molecule has 4 aliphatic rings. The molecule has 4 saturated heterocycles. The van der Waals surface area contributed by atoms with Crippen LogP contribution in [0.25, 0.3) is 0 Å². The molecule has 4 fully saturated rings. The van der Waals surface area contributed by atoms with Gasteiger partial charge in [0.1, 0.15) is 0 Å². The molecule has 0 aromatic heterocycles. The van der Waals surface area contributed by atoms with E-state index in [0.29, 0.717) is 0 Å². The third-order valence-corrected chi connectivity index (χ3v) is 9.45. The number of likely N-dealkylation sites (tertiary alicyclic amines) is 3. The molecule has 4 heterocycles. The van der Waals surface area contributed by atoms with Gasteiger partial charge in [-0.05, 0) is 111 Å². The zero-order chi connectivity index (χ0) is 28.1. The van der Waals surface area contributed by atoms with Crippen LogP contribution in [0, 0.1) is 0 Å². The summed E-state index contributed by atoms with van der Waals surface area (Å²) in [6.45, 7) is 9.70. The lowest BCUT2D eigenvalue weighted by Crippen LogP contribution is -2.62. The average Bonchev–Trinajstić information content (AvgIpc) is 3.84. The van der Waals surface area contributed by atoms with E-state index >= 15 is 0 Å². The molecule has 0 atom stereocenters. The number of nitrogens with zero attached hydrogens (tertiary/aromatic N) is 3. The highest BCUT2D eigenvalue weighted by Gasteiger charge is 2.45.